The van der Waals surface area contributed by atoms with E-state index in [9.17, 15) is 24.0 Å². The highest BCUT2D eigenvalue weighted by atomic mass is 16.6. The summed E-state index contributed by atoms with van der Waals surface area (Å²) in [6, 6.07) is 10.9. The Hall–Kier alpha value is -5.00. The molecule has 2 aliphatic rings. The van der Waals surface area contributed by atoms with Gasteiger partial charge >= 0.3 is 12.2 Å². The van der Waals surface area contributed by atoms with Crippen molar-refractivity contribution in [2.24, 2.45) is 10.7 Å². The summed E-state index contributed by atoms with van der Waals surface area (Å²) in [5, 5.41) is 10.4. The average molecular weight is 576 g/mol. The molecule has 2 aromatic carbocycles. The number of nitrogens with zero attached hydrogens (tertiary/aromatic N) is 3. The second kappa shape index (κ2) is 13.1. The predicted molar refractivity (Wildman–Crippen MR) is 155 cm³/mol. The molecule has 12 nitrogen and oxygen atoms in total. The first-order valence-electron chi connectivity index (χ1n) is 13.7. The van der Waals surface area contributed by atoms with Crippen LogP contribution in [0, 0.1) is 6.92 Å². The molecule has 1 fully saturated rings. The van der Waals surface area contributed by atoms with Crippen LogP contribution in [-0.4, -0.2) is 76.9 Å². The van der Waals surface area contributed by atoms with Gasteiger partial charge in [-0.25, -0.2) is 19.9 Å². The maximum Gasteiger partial charge on any atom is 0.423 e. The van der Waals surface area contributed by atoms with Crippen molar-refractivity contribution in [3.8, 4) is 11.1 Å². The minimum absolute atomic E-state index is 0.0107. The molecular weight excluding hydrogens is 542 g/mol. The third-order valence-electron chi connectivity index (χ3n) is 6.94. The van der Waals surface area contributed by atoms with Gasteiger partial charge in [0.05, 0.1) is 18.7 Å². The van der Waals surface area contributed by atoms with E-state index in [1.807, 2.05) is 43.0 Å². The Balaban J connectivity index is 1.72. The summed E-state index contributed by atoms with van der Waals surface area (Å²) in [7, 11) is 0. The highest BCUT2D eigenvalue weighted by Crippen LogP contribution is 2.34. The molecule has 5 amide bonds. The van der Waals surface area contributed by atoms with Gasteiger partial charge in [-0.3, -0.25) is 14.4 Å². The minimum Gasteiger partial charge on any atom is -0.465 e. The molecule has 42 heavy (non-hydrogen) atoms. The van der Waals surface area contributed by atoms with E-state index in [2.05, 4.69) is 4.99 Å². The van der Waals surface area contributed by atoms with Gasteiger partial charge in [0.1, 0.15) is 0 Å². The number of aliphatic imine (C=N–C) groups is 1. The van der Waals surface area contributed by atoms with E-state index in [-0.39, 0.29) is 36.9 Å². The lowest BCUT2D eigenvalue weighted by molar-refractivity contribution is -0.132. The summed E-state index contributed by atoms with van der Waals surface area (Å²) in [4.78, 5) is 68.5. The van der Waals surface area contributed by atoms with E-state index in [0.717, 1.165) is 42.6 Å². The van der Waals surface area contributed by atoms with Crippen molar-refractivity contribution in [2.75, 3.05) is 26.2 Å². The van der Waals surface area contributed by atoms with Gasteiger partial charge in [-0.2, -0.15) is 0 Å². The van der Waals surface area contributed by atoms with Crippen LogP contribution in [0.5, 0.6) is 0 Å². The van der Waals surface area contributed by atoms with Gasteiger partial charge in [0.25, 0.3) is 11.8 Å². The molecule has 2 aliphatic heterocycles. The molecule has 1 saturated heterocycles. The number of benzene rings is 2. The van der Waals surface area contributed by atoms with Gasteiger partial charge in [0.2, 0.25) is 11.8 Å². The van der Waals surface area contributed by atoms with Crippen LogP contribution in [0.1, 0.15) is 54.1 Å². The molecule has 4 rings (SSSR count). The molecule has 2 aromatic rings. The number of alkyl carbamates (subject to hydrolysis) is 1. The second-order valence-electron chi connectivity index (χ2n) is 10.2. The molecule has 220 valence electrons. The van der Waals surface area contributed by atoms with Crippen LogP contribution in [0.3, 0.4) is 0 Å². The summed E-state index contributed by atoms with van der Waals surface area (Å²) in [5.41, 5.74) is 9.66. The van der Waals surface area contributed by atoms with Gasteiger partial charge in [-0.1, -0.05) is 19.1 Å². The number of rotatable bonds is 7. The van der Waals surface area contributed by atoms with Crippen molar-refractivity contribution < 1.29 is 33.8 Å². The lowest BCUT2D eigenvalue weighted by Gasteiger charge is -2.22. The molecule has 0 spiro atoms. The van der Waals surface area contributed by atoms with Crippen LogP contribution in [0.2, 0.25) is 0 Å². The van der Waals surface area contributed by atoms with Crippen LogP contribution in [0.25, 0.3) is 17.2 Å². The molecule has 0 saturated carbocycles. The van der Waals surface area contributed by atoms with Crippen molar-refractivity contribution in [3.05, 3.63) is 58.7 Å². The molecule has 4 N–H and O–H groups in total. The van der Waals surface area contributed by atoms with Crippen molar-refractivity contribution in [3.63, 3.8) is 0 Å². The van der Waals surface area contributed by atoms with Gasteiger partial charge in [0.15, 0.2) is 0 Å². The summed E-state index contributed by atoms with van der Waals surface area (Å²) < 4.78 is 5.13. The zero-order chi connectivity index (χ0) is 30.4. The first-order chi connectivity index (χ1) is 20.0. The van der Waals surface area contributed by atoms with Crippen molar-refractivity contribution >= 4 is 47.6 Å². The summed E-state index contributed by atoms with van der Waals surface area (Å²) in [6.07, 6.45) is 1.09. The topological polar surface area (TPSA) is 172 Å². The highest BCUT2D eigenvalue weighted by Gasteiger charge is 2.26. The largest absolute Gasteiger partial charge is 0.465 e. The smallest absolute Gasteiger partial charge is 0.423 e. The molecule has 12 heteroatoms. The number of aryl methyl sites for hydroxylation is 1. The van der Waals surface area contributed by atoms with Crippen LogP contribution in [0.4, 0.5) is 15.3 Å². The maximum absolute atomic E-state index is 13.5. The van der Waals surface area contributed by atoms with E-state index >= 15 is 0 Å². The van der Waals surface area contributed by atoms with Crippen LogP contribution < -0.4 is 11.1 Å². The Kier molecular flexibility index (Phi) is 9.35. The molecule has 2 heterocycles. The van der Waals surface area contributed by atoms with Crippen LogP contribution in [-0.2, 0) is 14.3 Å². The number of primary amides is 1. The fourth-order valence-corrected chi connectivity index (χ4v) is 5.07. The third kappa shape index (κ3) is 7.19. The molecule has 0 atom stereocenters. The third-order valence-corrected chi connectivity index (χ3v) is 6.94. The summed E-state index contributed by atoms with van der Waals surface area (Å²) in [5.74, 6) is -1.36. The van der Waals surface area contributed by atoms with Crippen molar-refractivity contribution in [2.45, 2.75) is 39.5 Å². The number of amides is 5. The second-order valence-corrected chi connectivity index (χ2v) is 10.2. The Morgan fingerprint density at radius 1 is 1.10 bits per heavy atom. The zero-order valence-corrected chi connectivity index (χ0v) is 23.5. The minimum atomic E-state index is -1.61. The van der Waals surface area contributed by atoms with E-state index in [4.69, 9.17) is 15.6 Å². The average Bonchev–Trinajstić information content (AvgIpc) is 3.40. The fourth-order valence-electron chi connectivity index (χ4n) is 5.07. The number of hydrogen-bond donors (Lipinski definition) is 3. The van der Waals surface area contributed by atoms with Gasteiger partial charge in [0, 0.05) is 36.3 Å². The normalized spacial score (nSPS) is 14.2. The zero-order valence-electron chi connectivity index (χ0n) is 23.5. The highest BCUT2D eigenvalue weighted by molar-refractivity contribution is 6.07. The first-order valence-corrected chi connectivity index (χ1v) is 13.7. The van der Waals surface area contributed by atoms with E-state index in [1.54, 1.807) is 23.5 Å². The molecule has 0 bridgehead atoms. The Labute approximate surface area is 242 Å². The summed E-state index contributed by atoms with van der Waals surface area (Å²) in [6.45, 7) is 5.26. The lowest BCUT2D eigenvalue weighted by Crippen LogP contribution is -2.40. The monoisotopic (exact) mass is 575 g/mol. The number of ether oxygens (including phenoxy) is 1. The maximum atomic E-state index is 13.5. The number of nitrogens with two attached hydrogens (primary N) is 1. The fraction of sp³-hybridized carbons (Fsp3) is 0.333. The number of hydrogen-bond acceptors (Lipinski definition) is 7. The Morgan fingerprint density at radius 2 is 1.83 bits per heavy atom. The first kappa shape index (κ1) is 30.0. The molecule has 0 aliphatic carbocycles. The number of nitrogens with one attached hydrogen (secondary N) is 1. The van der Waals surface area contributed by atoms with Gasteiger partial charge in [-0.05, 0) is 73.2 Å². The number of fused-ring (bicyclic) bond motifs is 1. The molecular formula is C30H33N5O7. The van der Waals surface area contributed by atoms with E-state index in [0.29, 0.717) is 23.2 Å². The van der Waals surface area contributed by atoms with Gasteiger partial charge < -0.3 is 25.4 Å². The lowest BCUT2D eigenvalue weighted by atomic mass is 9.95. The number of carbonyl (C=O) groups is 5. The van der Waals surface area contributed by atoms with Crippen LogP contribution >= 0.6 is 0 Å². The number of likely N-dealkylation sites (tertiary alicyclic amines) is 1. The standard InChI is InChI=1S/C30H33N5O7/c1-3-10-35(17-25(31)36)28(38)22-15-21-14-19(7-9-24(21)32-26(16-22)42-30(41)33-29(39)40)23-8-6-20(13-18(23)2)27(37)34-11-4-5-12-34/h6-9,13-15H,3-5,10-12,16-17H2,1-2H3,(H2,31,36)(H,33,41)(H,39,40). The molecule has 0 aromatic heterocycles. The summed E-state index contributed by atoms with van der Waals surface area (Å²) >= 11 is 0. The number of carbonyl (C=O) groups excluding carboxylic acids is 4. The van der Waals surface area contributed by atoms with E-state index < -0.39 is 24.0 Å². The number of carboxylic acid groups (broad SMARTS) is 1. The molecule has 0 radical (unpaired) electrons. The van der Waals surface area contributed by atoms with Crippen LogP contribution in [0.15, 0.2) is 47.0 Å². The SMILES string of the molecule is CCCN(CC(N)=O)C(=O)C1=Cc2cc(-c3ccc(C(=O)N4CCCC4)cc3C)ccc2N=C(OC(=O)NC(=O)O)C1. The molecule has 0 unspecified atom stereocenters. The Bertz CT molecular complexity index is 1490. The number of imide groups is 1. The van der Waals surface area contributed by atoms with E-state index in [1.165, 1.54) is 4.90 Å². The van der Waals surface area contributed by atoms with Crippen molar-refractivity contribution in [1.82, 2.24) is 15.1 Å². The quantitative estimate of drug-likeness (QED) is 0.450. The Morgan fingerprint density at radius 3 is 2.48 bits per heavy atom. The predicted octanol–water partition coefficient (Wildman–Crippen LogP) is 3.84. The van der Waals surface area contributed by atoms with Gasteiger partial charge in [-0.15, -0.1) is 0 Å². The van der Waals surface area contributed by atoms with Crippen molar-refractivity contribution in [1.29, 1.82) is 0 Å².